The lowest BCUT2D eigenvalue weighted by Gasteiger charge is -2.11. The van der Waals surface area contributed by atoms with E-state index in [1.165, 1.54) is 21.6 Å². The van der Waals surface area contributed by atoms with Crippen molar-refractivity contribution in [3.8, 4) is 11.1 Å². The Morgan fingerprint density at radius 3 is 2.67 bits per heavy atom. The highest BCUT2D eigenvalue weighted by Gasteiger charge is 2.06. The molecular formula is C18H19NS2. The monoisotopic (exact) mass is 313 g/mol. The zero-order chi connectivity index (χ0) is 14.5. The molecule has 1 N–H and O–H groups in total. The first-order valence-corrected chi connectivity index (χ1v) is 9.01. The Kier molecular flexibility index (Phi) is 4.86. The molecule has 0 aliphatic rings. The number of rotatable bonds is 6. The van der Waals surface area contributed by atoms with E-state index in [9.17, 15) is 0 Å². The maximum atomic E-state index is 3.62. The Labute approximate surface area is 134 Å². The molecule has 1 unspecified atom stereocenters. The molecule has 1 nitrogen and oxygen atoms in total. The molecule has 0 bridgehead atoms. The Hall–Kier alpha value is -1.42. The van der Waals surface area contributed by atoms with Gasteiger partial charge in [-0.1, -0.05) is 30.3 Å². The summed E-state index contributed by atoms with van der Waals surface area (Å²) < 4.78 is 0. The van der Waals surface area contributed by atoms with E-state index < -0.39 is 0 Å². The van der Waals surface area contributed by atoms with Gasteiger partial charge >= 0.3 is 0 Å². The van der Waals surface area contributed by atoms with E-state index >= 15 is 0 Å². The molecule has 0 radical (unpaired) electrons. The lowest BCUT2D eigenvalue weighted by atomic mass is 10.1. The van der Waals surface area contributed by atoms with Gasteiger partial charge in [-0.3, -0.25) is 0 Å². The normalized spacial score (nSPS) is 12.4. The van der Waals surface area contributed by atoms with Gasteiger partial charge in [-0.2, -0.15) is 11.3 Å². The zero-order valence-electron chi connectivity index (χ0n) is 12.1. The molecule has 1 atom stereocenters. The maximum absolute atomic E-state index is 3.62. The fourth-order valence-electron chi connectivity index (χ4n) is 2.36. The fourth-order valence-corrected chi connectivity index (χ4v) is 3.89. The average Bonchev–Trinajstić information content (AvgIpc) is 3.17. The number of hydrogen-bond donors (Lipinski definition) is 1. The second-order valence-corrected chi connectivity index (χ2v) is 7.06. The Morgan fingerprint density at radius 1 is 1.05 bits per heavy atom. The first kappa shape index (κ1) is 14.5. The molecule has 0 aliphatic heterocycles. The third-order valence-corrected chi connectivity index (χ3v) is 5.18. The third kappa shape index (κ3) is 4.03. The second kappa shape index (κ2) is 7.03. The van der Waals surface area contributed by atoms with Crippen molar-refractivity contribution >= 4 is 22.7 Å². The first-order chi connectivity index (χ1) is 10.3. The molecule has 0 aliphatic carbocycles. The van der Waals surface area contributed by atoms with Gasteiger partial charge in [0.25, 0.3) is 0 Å². The minimum Gasteiger partial charge on any atom is -0.309 e. The van der Waals surface area contributed by atoms with Crippen LogP contribution in [0.25, 0.3) is 11.1 Å². The van der Waals surface area contributed by atoms with Gasteiger partial charge in [0.15, 0.2) is 0 Å². The van der Waals surface area contributed by atoms with Crippen molar-refractivity contribution in [2.75, 3.05) is 0 Å². The molecule has 108 valence electrons. The van der Waals surface area contributed by atoms with Crippen LogP contribution in [0.4, 0.5) is 0 Å². The Balaban J connectivity index is 1.55. The Bertz CT molecular complexity index is 656. The van der Waals surface area contributed by atoms with Crippen molar-refractivity contribution in [1.82, 2.24) is 5.32 Å². The summed E-state index contributed by atoms with van der Waals surface area (Å²) in [5.74, 6) is 0. The molecule has 0 saturated carbocycles. The highest BCUT2D eigenvalue weighted by atomic mass is 32.1. The molecule has 0 amide bonds. The van der Waals surface area contributed by atoms with Crippen molar-refractivity contribution in [3.63, 3.8) is 0 Å². The quantitative estimate of drug-likeness (QED) is 0.660. The number of thiophene rings is 2. The molecule has 3 rings (SSSR count). The molecule has 1 aromatic carbocycles. The van der Waals surface area contributed by atoms with Crippen molar-refractivity contribution < 1.29 is 0 Å². The summed E-state index contributed by atoms with van der Waals surface area (Å²) in [6, 6.07) is 15.6. The molecule has 2 heterocycles. The first-order valence-electron chi connectivity index (χ1n) is 7.18. The summed E-state index contributed by atoms with van der Waals surface area (Å²) in [4.78, 5) is 1.39. The lowest BCUT2D eigenvalue weighted by molar-refractivity contribution is 0.549. The van der Waals surface area contributed by atoms with Gasteiger partial charge < -0.3 is 5.32 Å². The van der Waals surface area contributed by atoms with E-state index in [4.69, 9.17) is 0 Å². The standard InChI is InChI=1S/C18H19NS2/c1-14(9-15-7-8-20-12-15)19-11-18-10-17(13-21-18)16-5-3-2-4-6-16/h2-8,10,12-14,19H,9,11H2,1H3. The third-order valence-electron chi connectivity index (χ3n) is 3.51. The van der Waals surface area contributed by atoms with Gasteiger partial charge in [0.2, 0.25) is 0 Å². The van der Waals surface area contributed by atoms with Crippen molar-refractivity contribution in [1.29, 1.82) is 0 Å². The zero-order valence-corrected chi connectivity index (χ0v) is 13.7. The lowest BCUT2D eigenvalue weighted by Crippen LogP contribution is -2.26. The summed E-state index contributed by atoms with van der Waals surface area (Å²) in [6.45, 7) is 3.20. The van der Waals surface area contributed by atoms with Crippen LogP contribution >= 0.6 is 22.7 Å². The Morgan fingerprint density at radius 2 is 1.90 bits per heavy atom. The van der Waals surface area contributed by atoms with E-state index in [0.717, 1.165) is 13.0 Å². The van der Waals surface area contributed by atoms with Crippen LogP contribution in [-0.4, -0.2) is 6.04 Å². The van der Waals surface area contributed by atoms with Crippen LogP contribution in [0, 0.1) is 0 Å². The van der Waals surface area contributed by atoms with Crippen molar-refractivity contribution in [3.05, 3.63) is 69.0 Å². The van der Waals surface area contributed by atoms with E-state index in [2.05, 4.69) is 70.8 Å². The SMILES string of the molecule is CC(Cc1ccsc1)NCc1cc(-c2ccccc2)cs1. The molecule has 0 spiro atoms. The van der Waals surface area contributed by atoms with Gasteiger partial charge in [-0.15, -0.1) is 11.3 Å². The topological polar surface area (TPSA) is 12.0 Å². The van der Waals surface area contributed by atoms with E-state index in [0.29, 0.717) is 6.04 Å². The fraction of sp³-hybridized carbons (Fsp3) is 0.222. The summed E-state index contributed by atoms with van der Waals surface area (Å²) in [6.07, 6.45) is 1.10. The minimum atomic E-state index is 0.502. The highest BCUT2D eigenvalue weighted by Crippen LogP contribution is 2.25. The van der Waals surface area contributed by atoms with E-state index in [1.807, 2.05) is 11.3 Å². The number of benzene rings is 1. The van der Waals surface area contributed by atoms with Gasteiger partial charge in [-0.25, -0.2) is 0 Å². The van der Waals surface area contributed by atoms with E-state index in [1.54, 1.807) is 11.3 Å². The molecule has 3 aromatic rings. The predicted octanol–water partition coefficient (Wildman–Crippen LogP) is 5.20. The molecule has 0 saturated heterocycles. The largest absolute Gasteiger partial charge is 0.309 e. The second-order valence-electron chi connectivity index (χ2n) is 5.29. The highest BCUT2D eigenvalue weighted by molar-refractivity contribution is 7.10. The van der Waals surface area contributed by atoms with E-state index in [-0.39, 0.29) is 0 Å². The molecule has 2 aromatic heterocycles. The molecule has 0 fully saturated rings. The predicted molar refractivity (Wildman–Crippen MR) is 94.1 cm³/mol. The average molecular weight is 313 g/mol. The van der Waals surface area contributed by atoms with Crippen LogP contribution < -0.4 is 5.32 Å². The van der Waals surface area contributed by atoms with Gasteiger partial charge in [0.05, 0.1) is 0 Å². The summed E-state index contributed by atoms with van der Waals surface area (Å²) in [5.41, 5.74) is 4.05. The smallest absolute Gasteiger partial charge is 0.0302 e. The van der Waals surface area contributed by atoms with Crippen LogP contribution in [0.2, 0.25) is 0 Å². The van der Waals surface area contributed by atoms with Crippen LogP contribution in [0.1, 0.15) is 17.4 Å². The van der Waals surface area contributed by atoms with Crippen LogP contribution in [0.5, 0.6) is 0 Å². The van der Waals surface area contributed by atoms with Crippen molar-refractivity contribution in [2.24, 2.45) is 0 Å². The maximum Gasteiger partial charge on any atom is 0.0302 e. The summed E-state index contributed by atoms with van der Waals surface area (Å²) in [7, 11) is 0. The molecular weight excluding hydrogens is 294 g/mol. The summed E-state index contributed by atoms with van der Waals surface area (Å²) >= 11 is 3.61. The van der Waals surface area contributed by atoms with Crippen LogP contribution in [-0.2, 0) is 13.0 Å². The van der Waals surface area contributed by atoms with Gasteiger partial charge in [0.1, 0.15) is 0 Å². The number of nitrogens with one attached hydrogen (secondary N) is 1. The summed E-state index contributed by atoms with van der Waals surface area (Å²) in [5, 5.41) is 10.2. The van der Waals surface area contributed by atoms with Crippen molar-refractivity contribution in [2.45, 2.75) is 25.9 Å². The van der Waals surface area contributed by atoms with Gasteiger partial charge in [0, 0.05) is 17.5 Å². The molecule has 21 heavy (non-hydrogen) atoms. The van der Waals surface area contributed by atoms with Crippen LogP contribution in [0.15, 0.2) is 58.6 Å². The number of hydrogen-bond acceptors (Lipinski definition) is 3. The van der Waals surface area contributed by atoms with Crippen LogP contribution in [0.3, 0.4) is 0 Å². The molecule has 3 heteroatoms. The minimum absolute atomic E-state index is 0.502. The van der Waals surface area contributed by atoms with Gasteiger partial charge in [-0.05, 0) is 58.3 Å².